The molecule has 0 amide bonds. The summed E-state index contributed by atoms with van der Waals surface area (Å²) >= 11 is 0. The highest BCUT2D eigenvalue weighted by Gasteiger charge is 2.18. The van der Waals surface area contributed by atoms with Gasteiger partial charge in [-0.15, -0.1) is 0 Å². The summed E-state index contributed by atoms with van der Waals surface area (Å²) < 4.78 is 6.70. The molecule has 5 heteroatoms. The third-order valence-corrected chi connectivity index (χ3v) is 11.4. The van der Waals surface area contributed by atoms with Gasteiger partial charge in [-0.2, -0.15) is 0 Å². The van der Waals surface area contributed by atoms with Crippen LogP contribution in [0.3, 0.4) is 0 Å². The minimum atomic E-state index is 0.571. The van der Waals surface area contributed by atoms with E-state index in [-0.39, 0.29) is 0 Å². The van der Waals surface area contributed by atoms with Gasteiger partial charge in [-0.25, -0.2) is 15.0 Å². The second-order valence-electron chi connectivity index (χ2n) is 15.3. The van der Waals surface area contributed by atoms with E-state index < -0.39 is 0 Å². The van der Waals surface area contributed by atoms with Gasteiger partial charge in [-0.3, -0.25) is 0 Å². The molecule has 9 aromatic carbocycles. The van der Waals surface area contributed by atoms with Gasteiger partial charge in [0.05, 0.1) is 0 Å². The number of benzene rings is 9. The van der Waals surface area contributed by atoms with Gasteiger partial charge in [-0.1, -0.05) is 176 Å². The third-order valence-electron chi connectivity index (χ3n) is 11.4. The summed E-state index contributed by atoms with van der Waals surface area (Å²) in [7, 11) is 0. The van der Waals surface area contributed by atoms with Gasteiger partial charge in [0.15, 0.2) is 17.5 Å². The monoisotopic (exact) mass is 794 g/mol. The van der Waals surface area contributed by atoms with Gasteiger partial charge in [0.1, 0.15) is 11.2 Å². The van der Waals surface area contributed by atoms with Crippen LogP contribution in [0.1, 0.15) is 0 Å². The van der Waals surface area contributed by atoms with Crippen molar-refractivity contribution in [1.29, 1.82) is 0 Å². The predicted octanol–water partition coefficient (Wildman–Crippen LogP) is 15.2. The summed E-state index contributed by atoms with van der Waals surface area (Å²) in [6.45, 7) is 0. The van der Waals surface area contributed by atoms with Crippen molar-refractivity contribution in [2.45, 2.75) is 0 Å². The zero-order valence-electron chi connectivity index (χ0n) is 33.6. The minimum absolute atomic E-state index is 0.571. The fourth-order valence-corrected chi connectivity index (χ4v) is 8.15. The number of para-hydroxylation sites is 1. The Labute approximate surface area is 359 Å². The molecule has 11 rings (SSSR count). The Hall–Kier alpha value is -8.41. The molecule has 2 heterocycles. The topological polar surface area (TPSA) is 55.1 Å². The molecule has 0 radical (unpaired) electrons. The van der Waals surface area contributed by atoms with Crippen molar-refractivity contribution in [3.05, 3.63) is 231 Å². The van der Waals surface area contributed by atoms with Gasteiger partial charge in [0, 0.05) is 50.6 Å². The highest BCUT2D eigenvalue weighted by molar-refractivity contribution is 6.07. The molecule has 0 unspecified atom stereocenters. The lowest BCUT2D eigenvalue weighted by Gasteiger charge is -2.25. The first kappa shape index (κ1) is 36.7. The van der Waals surface area contributed by atoms with Crippen molar-refractivity contribution >= 4 is 39.0 Å². The maximum absolute atomic E-state index is 6.70. The van der Waals surface area contributed by atoms with Crippen LogP contribution in [-0.4, -0.2) is 15.0 Å². The minimum Gasteiger partial charge on any atom is -0.456 e. The fraction of sp³-hybridized carbons (Fsp3) is 0. The second kappa shape index (κ2) is 16.0. The van der Waals surface area contributed by atoms with E-state index in [1.165, 1.54) is 11.1 Å². The molecule has 0 spiro atoms. The molecule has 0 bridgehead atoms. The molecular weight excluding hydrogens is 757 g/mol. The van der Waals surface area contributed by atoms with Crippen molar-refractivity contribution in [2.24, 2.45) is 0 Å². The number of aromatic nitrogens is 3. The number of anilines is 3. The molecule has 5 nitrogen and oxygen atoms in total. The van der Waals surface area contributed by atoms with Crippen molar-refractivity contribution in [3.63, 3.8) is 0 Å². The lowest BCUT2D eigenvalue weighted by molar-refractivity contribution is 0.669. The summed E-state index contributed by atoms with van der Waals surface area (Å²) in [4.78, 5) is 17.5. The number of hydrogen-bond acceptors (Lipinski definition) is 5. The first-order chi connectivity index (χ1) is 30.7. The average molecular weight is 795 g/mol. The zero-order chi connectivity index (χ0) is 41.2. The second-order valence-corrected chi connectivity index (χ2v) is 15.3. The molecule has 0 saturated heterocycles. The molecule has 0 fully saturated rings. The molecule has 62 heavy (non-hydrogen) atoms. The van der Waals surface area contributed by atoms with E-state index in [1.54, 1.807) is 0 Å². The summed E-state index contributed by atoms with van der Waals surface area (Å²) in [5, 5.41) is 2.06. The lowest BCUT2D eigenvalue weighted by Crippen LogP contribution is -2.09. The van der Waals surface area contributed by atoms with E-state index >= 15 is 0 Å². The molecular formula is C57H38N4O. The number of hydrogen-bond donors (Lipinski definition) is 0. The number of furan rings is 1. The Balaban J connectivity index is 0.978. The van der Waals surface area contributed by atoms with Crippen LogP contribution in [0, 0.1) is 0 Å². The van der Waals surface area contributed by atoms with Crippen molar-refractivity contribution in [1.82, 2.24) is 15.0 Å². The molecule has 11 aromatic rings. The Morgan fingerprint density at radius 3 is 1.06 bits per heavy atom. The summed E-state index contributed by atoms with van der Waals surface area (Å²) in [5.41, 5.74) is 14.3. The molecule has 0 saturated carbocycles. The van der Waals surface area contributed by atoms with E-state index in [0.717, 1.165) is 77.9 Å². The first-order valence-electron chi connectivity index (χ1n) is 20.8. The summed E-state index contributed by atoms with van der Waals surface area (Å²) in [5.74, 6) is 1.77. The molecule has 2 aromatic heterocycles. The lowest BCUT2D eigenvalue weighted by atomic mass is 10.0. The number of fused-ring (bicyclic) bond motifs is 3. The molecule has 292 valence electrons. The fourth-order valence-electron chi connectivity index (χ4n) is 8.15. The Morgan fingerprint density at radius 2 is 0.581 bits per heavy atom. The van der Waals surface area contributed by atoms with Crippen molar-refractivity contribution in [2.75, 3.05) is 4.90 Å². The van der Waals surface area contributed by atoms with Crippen LogP contribution in [0.2, 0.25) is 0 Å². The maximum atomic E-state index is 6.70. The van der Waals surface area contributed by atoms with Crippen LogP contribution in [-0.2, 0) is 0 Å². The molecule has 0 atom stereocenters. The Kier molecular flexibility index (Phi) is 9.45. The van der Waals surface area contributed by atoms with Gasteiger partial charge in [0.25, 0.3) is 0 Å². The van der Waals surface area contributed by atoms with Crippen LogP contribution in [0.25, 0.3) is 89.5 Å². The van der Waals surface area contributed by atoms with Gasteiger partial charge in [0.2, 0.25) is 0 Å². The predicted molar refractivity (Wildman–Crippen MR) is 254 cm³/mol. The average Bonchev–Trinajstić information content (AvgIpc) is 3.73. The molecule has 0 N–H and O–H groups in total. The van der Waals surface area contributed by atoms with E-state index in [1.807, 2.05) is 30.3 Å². The third kappa shape index (κ3) is 7.18. The van der Waals surface area contributed by atoms with E-state index in [4.69, 9.17) is 19.4 Å². The van der Waals surface area contributed by atoms with Gasteiger partial charge < -0.3 is 9.32 Å². The summed E-state index contributed by atoms with van der Waals surface area (Å²) in [6.07, 6.45) is 0. The normalized spacial score (nSPS) is 11.2. The molecule has 0 aliphatic rings. The van der Waals surface area contributed by atoms with Crippen molar-refractivity contribution in [3.8, 4) is 67.5 Å². The van der Waals surface area contributed by atoms with Crippen LogP contribution in [0.5, 0.6) is 0 Å². The van der Waals surface area contributed by atoms with Gasteiger partial charge >= 0.3 is 0 Å². The molecule has 0 aliphatic heterocycles. The SMILES string of the molecule is c1ccc(-c2ccc(-c3nc(-c4ccc(-c5ccccc5)cc4)nc(-c4ccc5c(c4)oc4cc(N(c6ccccc6)c6ccc(-c7ccccc7)cc6)ccc45)n3)cc2)cc1. The maximum Gasteiger partial charge on any atom is 0.164 e. The van der Waals surface area contributed by atoms with Crippen LogP contribution < -0.4 is 4.90 Å². The Bertz CT molecular complexity index is 3200. The molecule has 0 aliphatic carbocycles. The Morgan fingerprint density at radius 1 is 0.258 bits per heavy atom. The van der Waals surface area contributed by atoms with Crippen molar-refractivity contribution < 1.29 is 4.42 Å². The van der Waals surface area contributed by atoms with Crippen LogP contribution in [0.4, 0.5) is 17.1 Å². The smallest absolute Gasteiger partial charge is 0.164 e. The van der Waals surface area contributed by atoms with Crippen LogP contribution >= 0.6 is 0 Å². The van der Waals surface area contributed by atoms with E-state index in [2.05, 4.69) is 205 Å². The number of rotatable bonds is 9. The highest BCUT2D eigenvalue weighted by Crippen LogP contribution is 2.40. The standard InChI is InChI=1S/C57H38N4O/c1-5-13-39(14-6-1)42-21-25-45(26-22-42)55-58-56(46-27-23-43(24-28-46)40-15-7-2-8-16-40)60-57(59-55)47-31-35-51-52-36-34-50(38-54(52)62-53(51)37-47)61(48-19-11-4-12-20-48)49-32-29-44(30-33-49)41-17-9-3-10-18-41/h1-38H. The van der Waals surface area contributed by atoms with Crippen LogP contribution in [0.15, 0.2) is 235 Å². The zero-order valence-corrected chi connectivity index (χ0v) is 33.6. The summed E-state index contributed by atoms with van der Waals surface area (Å²) in [6, 6.07) is 79.9. The largest absolute Gasteiger partial charge is 0.456 e. The van der Waals surface area contributed by atoms with E-state index in [9.17, 15) is 0 Å². The van der Waals surface area contributed by atoms with Gasteiger partial charge in [-0.05, 0) is 81.9 Å². The first-order valence-corrected chi connectivity index (χ1v) is 20.8. The number of nitrogens with zero attached hydrogens (tertiary/aromatic N) is 4. The highest BCUT2D eigenvalue weighted by atomic mass is 16.3. The quantitative estimate of drug-likeness (QED) is 0.146. The van der Waals surface area contributed by atoms with E-state index in [0.29, 0.717) is 17.5 Å².